The van der Waals surface area contributed by atoms with Crippen LogP contribution in [0.4, 0.5) is 5.69 Å². The van der Waals surface area contributed by atoms with Crippen LogP contribution in [0.5, 0.6) is 0 Å². The molecule has 0 aliphatic rings. The number of halogens is 1. The Hall–Kier alpha value is -1.76. The van der Waals surface area contributed by atoms with Gasteiger partial charge >= 0.3 is 0 Å². The van der Waals surface area contributed by atoms with Gasteiger partial charge in [-0.05, 0) is 33.3 Å². The lowest BCUT2D eigenvalue weighted by Crippen LogP contribution is -2.14. The number of nitrogens with one attached hydrogen (secondary N) is 2. The number of tetrazole rings is 1. The molecule has 0 radical (unpaired) electrons. The van der Waals surface area contributed by atoms with Crippen molar-refractivity contribution in [1.82, 2.24) is 20.6 Å². The highest BCUT2D eigenvalue weighted by molar-refractivity contribution is 9.10. The maximum atomic E-state index is 11.5. The molecule has 0 saturated carbocycles. The van der Waals surface area contributed by atoms with Crippen LogP contribution in [0.1, 0.15) is 10.6 Å². The molecule has 2 aromatic rings. The lowest BCUT2D eigenvalue weighted by atomic mass is 10.3. The Bertz CT molecular complexity index is 470. The van der Waals surface area contributed by atoms with E-state index in [1.54, 1.807) is 6.07 Å². The van der Waals surface area contributed by atoms with Crippen molar-refractivity contribution >= 4 is 27.5 Å². The smallest absolute Gasteiger partial charge is 0.297 e. The number of benzene rings is 1. The topological polar surface area (TPSA) is 83.6 Å². The maximum absolute atomic E-state index is 11.5. The summed E-state index contributed by atoms with van der Waals surface area (Å²) < 4.78 is 0.793. The van der Waals surface area contributed by atoms with Gasteiger partial charge in [-0.2, -0.15) is 5.21 Å². The van der Waals surface area contributed by atoms with Gasteiger partial charge in [0.1, 0.15) is 0 Å². The van der Waals surface area contributed by atoms with Crippen molar-refractivity contribution in [3.8, 4) is 0 Å². The number of aromatic amines is 1. The molecule has 0 unspecified atom stereocenters. The molecule has 0 saturated heterocycles. The van der Waals surface area contributed by atoms with Gasteiger partial charge in [-0.15, -0.1) is 10.2 Å². The number of para-hydroxylation sites is 1. The summed E-state index contributed by atoms with van der Waals surface area (Å²) in [5.41, 5.74) is 0.660. The molecule has 1 amide bonds. The van der Waals surface area contributed by atoms with Gasteiger partial charge in [0.25, 0.3) is 11.7 Å². The fourth-order valence-corrected chi connectivity index (χ4v) is 1.38. The summed E-state index contributed by atoms with van der Waals surface area (Å²) >= 11 is 3.31. The first-order valence-electron chi connectivity index (χ1n) is 4.06. The van der Waals surface area contributed by atoms with Crippen LogP contribution in [0, 0.1) is 0 Å². The van der Waals surface area contributed by atoms with Gasteiger partial charge in [0.15, 0.2) is 0 Å². The van der Waals surface area contributed by atoms with Crippen LogP contribution in [0.15, 0.2) is 28.7 Å². The van der Waals surface area contributed by atoms with E-state index in [1.807, 2.05) is 18.2 Å². The Morgan fingerprint density at radius 3 is 2.87 bits per heavy atom. The Kier molecular flexibility index (Phi) is 2.72. The van der Waals surface area contributed by atoms with E-state index in [-0.39, 0.29) is 5.82 Å². The molecule has 1 aromatic heterocycles. The molecule has 6 nitrogen and oxygen atoms in total. The average molecular weight is 268 g/mol. The summed E-state index contributed by atoms with van der Waals surface area (Å²) in [6.45, 7) is 0. The van der Waals surface area contributed by atoms with Crippen molar-refractivity contribution in [2.45, 2.75) is 0 Å². The summed E-state index contributed by atoms with van der Waals surface area (Å²) in [7, 11) is 0. The molecule has 0 spiro atoms. The fourth-order valence-electron chi connectivity index (χ4n) is 0.999. The summed E-state index contributed by atoms with van der Waals surface area (Å²) in [4.78, 5) is 11.5. The quantitative estimate of drug-likeness (QED) is 0.857. The number of rotatable bonds is 2. The van der Waals surface area contributed by atoms with E-state index in [2.05, 4.69) is 41.9 Å². The molecule has 15 heavy (non-hydrogen) atoms. The van der Waals surface area contributed by atoms with Crippen molar-refractivity contribution in [1.29, 1.82) is 0 Å². The van der Waals surface area contributed by atoms with Gasteiger partial charge in [0.05, 0.1) is 5.69 Å². The predicted octanol–water partition coefficient (Wildman–Crippen LogP) is 1.21. The van der Waals surface area contributed by atoms with Crippen LogP contribution in [0.25, 0.3) is 0 Å². The highest BCUT2D eigenvalue weighted by Crippen LogP contribution is 2.21. The first-order chi connectivity index (χ1) is 7.27. The Balaban J connectivity index is 2.17. The molecule has 1 aromatic carbocycles. The third-order valence-electron chi connectivity index (χ3n) is 1.67. The molecule has 1 heterocycles. The number of hydrogen-bond donors (Lipinski definition) is 2. The number of H-pyrrole nitrogens is 1. The number of carbonyl (C=O) groups excluding carboxylic acids is 1. The van der Waals surface area contributed by atoms with E-state index in [9.17, 15) is 4.79 Å². The van der Waals surface area contributed by atoms with Crippen LogP contribution in [-0.2, 0) is 0 Å². The monoisotopic (exact) mass is 267 g/mol. The van der Waals surface area contributed by atoms with Crippen LogP contribution < -0.4 is 5.32 Å². The number of nitrogens with zero attached hydrogens (tertiary/aromatic N) is 3. The zero-order chi connectivity index (χ0) is 10.7. The van der Waals surface area contributed by atoms with Crippen LogP contribution in [-0.4, -0.2) is 26.5 Å². The lowest BCUT2D eigenvalue weighted by Gasteiger charge is -2.03. The molecular formula is C8H6BrN5O. The number of hydrogen-bond acceptors (Lipinski definition) is 4. The van der Waals surface area contributed by atoms with Gasteiger partial charge in [0.2, 0.25) is 0 Å². The minimum atomic E-state index is -0.407. The van der Waals surface area contributed by atoms with Gasteiger partial charge in [-0.3, -0.25) is 4.79 Å². The van der Waals surface area contributed by atoms with E-state index in [4.69, 9.17) is 0 Å². The molecule has 0 aliphatic heterocycles. The van der Waals surface area contributed by atoms with E-state index < -0.39 is 5.91 Å². The van der Waals surface area contributed by atoms with Crippen LogP contribution in [0.3, 0.4) is 0 Å². The summed E-state index contributed by atoms with van der Waals surface area (Å²) in [6.07, 6.45) is 0. The predicted molar refractivity (Wildman–Crippen MR) is 56.3 cm³/mol. The first kappa shape index (κ1) is 9.78. The summed E-state index contributed by atoms with van der Waals surface area (Å²) in [5, 5.41) is 15.3. The SMILES string of the molecule is O=C(Nc1ccccc1Br)c1nn[nH]n1. The van der Waals surface area contributed by atoms with E-state index in [0.717, 1.165) is 4.47 Å². The molecule has 0 bridgehead atoms. The highest BCUT2D eigenvalue weighted by atomic mass is 79.9. The fraction of sp³-hybridized carbons (Fsp3) is 0. The number of aromatic nitrogens is 4. The second kappa shape index (κ2) is 4.18. The molecule has 76 valence electrons. The Labute approximate surface area is 93.2 Å². The molecular weight excluding hydrogens is 262 g/mol. The lowest BCUT2D eigenvalue weighted by molar-refractivity contribution is 0.101. The Morgan fingerprint density at radius 1 is 1.40 bits per heavy atom. The largest absolute Gasteiger partial charge is 0.318 e. The summed E-state index contributed by atoms with van der Waals surface area (Å²) in [5.74, 6) is -0.401. The minimum Gasteiger partial charge on any atom is -0.318 e. The molecule has 0 atom stereocenters. The van der Waals surface area contributed by atoms with Crippen molar-refractivity contribution in [3.63, 3.8) is 0 Å². The standard InChI is InChI=1S/C8H6BrN5O/c9-5-3-1-2-4-6(5)10-8(15)7-11-13-14-12-7/h1-4H,(H,10,15)(H,11,12,13,14). The first-order valence-corrected chi connectivity index (χ1v) is 4.86. The van der Waals surface area contributed by atoms with E-state index >= 15 is 0 Å². The second-order valence-electron chi connectivity index (χ2n) is 2.67. The molecule has 2 rings (SSSR count). The molecule has 2 N–H and O–H groups in total. The highest BCUT2D eigenvalue weighted by Gasteiger charge is 2.11. The van der Waals surface area contributed by atoms with Crippen LogP contribution in [0.2, 0.25) is 0 Å². The van der Waals surface area contributed by atoms with Gasteiger partial charge in [-0.25, -0.2) is 0 Å². The zero-order valence-electron chi connectivity index (χ0n) is 7.44. The molecule has 0 aliphatic carbocycles. The minimum absolute atomic E-state index is 0.00533. The van der Waals surface area contributed by atoms with Gasteiger partial charge in [0, 0.05) is 4.47 Å². The zero-order valence-corrected chi connectivity index (χ0v) is 9.02. The Morgan fingerprint density at radius 2 is 2.20 bits per heavy atom. The van der Waals surface area contributed by atoms with Gasteiger partial charge < -0.3 is 5.32 Å². The number of carbonyl (C=O) groups is 1. The van der Waals surface area contributed by atoms with Gasteiger partial charge in [-0.1, -0.05) is 12.1 Å². The van der Waals surface area contributed by atoms with Crippen molar-refractivity contribution in [3.05, 3.63) is 34.6 Å². The van der Waals surface area contributed by atoms with E-state index in [1.165, 1.54) is 0 Å². The van der Waals surface area contributed by atoms with E-state index in [0.29, 0.717) is 5.69 Å². The van der Waals surface area contributed by atoms with Crippen molar-refractivity contribution in [2.75, 3.05) is 5.32 Å². The third kappa shape index (κ3) is 2.18. The third-order valence-corrected chi connectivity index (χ3v) is 2.36. The second-order valence-corrected chi connectivity index (χ2v) is 3.52. The maximum Gasteiger partial charge on any atom is 0.297 e. The number of anilines is 1. The molecule has 7 heteroatoms. The number of amides is 1. The van der Waals surface area contributed by atoms with Crippen LogP contribution >= 0.6 is 15.9 Å². The van der Waals surface area contributed by atoms with Crippen molar-refractivity contribution < 1.29 is 4.79 Å². The average Bonchev–Trinajstić information content (AvgIpc) is 2.74. The van der Waals surface area contributed by atoms with Crippen molar-refractivity contribution in [2.24, 2.45) is 0 Å². The summed E-state index contributed by atoms with van der Waals surface area (Å²) in [6, 6.07) is 7.26. The normalized spacial score (nSPS) is 9.93. The molecule has 0 fully saturated rings.